The van der Waals surface area contributed by atoms with Crippen LogP contribution in [0.4, 0.5) is 13.2 Å². The van der Waals surface area contributed by atoms with Crippen LogP contribution in [0.15, 0.2) is 30.3 Å². The Morgan fingerprint density at radius 2 is 1.69 bits per heavy atom. The van der Waals surface area contributed by atoms with Gasteiger partial charge in [0, 0.05) is 0 Å². The molecule has 1 nitrogen and oxygen atoms in total. The zero-order chi connectivity index (χ0) is 18.3. The van der Waals surface area contributed by atoms with Crippen LogP contribution in [0.3, 0.4) is 0 Å². The first-order valence-electron chi connectivity index (χ1n) is 9.67. The highest BCUT2D eigenvalue weighted by Gasteiger charge is 2.34. The predicted molar refractivity (Wildman–Crippen MR) is 97.1 cm³/mol. The molecule has 0 aromatic heterocycles. The number of rotatable bonds is 3. The summed E-state index contributed by atoms with van der Waals surface area (Å²) in [5.74, 6) is 1.95. The third-order valence-corrected chi connectivity index (χ3v) is 6.48. The molecule has 2 aromatic carbocycles. The van der Waals surface area contributed by atoms with E-state index in [1.165, 1.54) is 56.2 Å². The molecular formula is C22H25F3O. The number of benzene rings is 2. The average molecular weight is 362 g/mol. The van der Waals surface area contributed by atoms with Crippen LogP contribution >= 0.6 is 0 Å². The summed E-state index contributed by atoms with van der Waals surface area (Å²) in [6.45, 7) is -0.652. The number of ether oxygens (including phenoxy) is 1. The third-order valence-electron chi connectivity index (χ3n) is 6.48. The first-order valence-corrected chi connectivity index (χ1v) is 9.67. The molecule has 0 amide bonds. The van der Waals surface area contributed by atoms with Crippen molar-refractivity contribution in [1.29, 1.82) is 0 Å². The van der Waals surface area contributed by atoms with E-state index in [1.807, 2.05) is 12.1 Å². The highest BCUT2D eigenvalue weighted by Crippen LogP contribution is 2.47. The molecule has 2 aromatic rings. The molecule has 26 heavy (non-hydrogen) atoms. The Morgan fingerprint density at radius 1 is 0.923 bits per heavy atom. The van der Waals surface area contributed by atoms with Gasteiger partial charge in [-0.3, -0.25) is 0 Å². The minimum Gasteiger partial charge on any atom is -0.432 e. The Bertz CT molecular complexity index is 788. The van der Waals surface area contributed by atoms with Gasteiger partial charge in [-0.1, -0.05) is 31.5 Å². The van der Waals surface area contributed by atoms with Gasteiger partial charge in [0.15, 0.2) is 11.6 Å². The van der Waals surface area contributed by atoms with Crippen LogP contribution in [0.1, 0.15) is 56.9 Å². The van der Waals surface area contributed by atoms with Crippen molar-refractivity contribution in [1.82, 2.24) is 0 Å². The fourth-order valence-corrected chi connectivity index (χ4v) is 5.13. The lowest BCUT2D eigenvalue weighted by atomic mass is 9.64. The van der Waals surface area contributed by atoms with E-state index in [1.54, 1.807) is 0 Å². The second-order valence-electron chi connectivity index (χ2n) is 8.22. The first kappa shape index (κ1) is 17.7. The smallest absolute Gasteiger partial charge is 0.387 e. The van der Waals surface area contributed by atoms with Gasteiger partial charge in [0.1, 0.15) is 0 Å². The molecule has 4 heteroatoms. The maximum Gasteiger partial charge on any atom is 0.387 e. The van der Waals surface area contributed by atoms with Crippen LogP contribution in [0.5, 0.6) is 5.75 Å². The molecule has 2 aliphatic carbocycles. The standard InChI is InChI=1S/C22H25F3O/c1-13-2-3-15-9-16(5-4-14(15)8-13)17-6-7-18-12-21(26-22(24)25)20(23)11-19(18)10-17/h6-7,10-16,22H,2-5,8-9H2,1H3/t13-,14?,15-,16?/m1/s1. The summed E-state index contributed by atoms with van der Waals surface area (Å²) in [7, 11) is 0. The van der Waals surface area contributed by atoms with Crippen molar-refractivity contribution >= 4 is 10.8 Å². The van der Waals surface area contributed by atoms with Crippen molar-refractivity contribution in [3.63, 3.8) is 0 Å². The summed E-state index contributed by atoms with van der Waals surface area (Å²) < 4.78 is 43.1. The topological polar surface area (TPSA) is 9.23 Å². The fraction of sp³-hybridized carbons (Fsp3) is 0.545. The van der Waals surface area contributed by atoms with Gasteiger partial charge in [-0.25, -0.2) is 4.39 Å². The molecule has 2 aliphatic rings. The molecule has 0 spiro atoms. The van der Waals surface area contributed by atoms with Gasteiger partial charge < -0.3 is 4.74 Å². The van der Waals surface area contributed by atoms with E-state index in [9.17, 15) is 13.2 Å². The van der Waals surface area contributed by atoms with Gasteiger partial charge in [0.05, 0.1) is 0 Å². The van der Waals surface area contributed by atoms with Crippen LogP contribution in [-0.2, 0) is 0 Å². The number of alkyl halides is 2. The maximum absolute atomic E-state index is 14.1. The molecular weight excluding hydrogens is 337 g/mol. The van der Waals surface area contributed by atoms with Crippen molar-refractivity contribution < 1.29 is 17.9 Å². The van der Waals surface area contributed by atoms with Crippen molar-refractivity contribution in [2.24, 2.45) is 17.8 Å². The van der Waals surface area contributed by atoms with Crippen molar-refractivity contribution in [3.05, 3.63) is 41.7 Å². The molecule has 0 radical (unpaired) electrons. The van der Waals surface area contributed by atoms with Crippen molar-refractivity contribution in [2.75, 3.05) is 0 Å². The third kappa shape index (κ3) is 3.56. The van der Waals surface area contributed by atoms with E-state index in [2.05, 4.69) is 17.7 Å². The number of hydrogen-bond acceptors (Lipinski definition) is 1. The Labute approximate surface area is 152 Å². The minimum atomic E-state index is -3.02. The predicted octanol–water partition coefficient (Wildman–Crippen LogP) is 6.90. The molecule has 2 unspecified atom stereocenters. The van der Waals surface area contributed by atoms with E-state index in [0.29, 0.717) is 5.92 Å². The SMILES string of the molecule is C[C@@H]1CC[C@@H]2CC(c3ccc4cc(OC(F)F)c(F)cc4c3)CCC2C1. The van der Waals surface area contributed by atoms with Gasteiger partial charge >= 0.3 is 6.61 Å². The van der Waals surface area contributed by atoms with Crippen molar-refractivity contribution in [3.8, 4) is 5.75 Å². The second kappa shape index (κ2) is 7.13. The number of halogens is 3. The molecule has 4 atom stereocenters. The lowest BCUT2D eigenvalue weighted by Gasteiger charge is -2.41. The number of fused-ring (bicyclic) bond motifs is 2. The second-order valence-corrected chi connectivity index (χ2v) is 8.22. The van der Waals surface area contributed by atoms with E-state index >= 15 is 0 Å². The van der Waals surface area contributed by atoms with Crippen LogP contribution in [0.25, 0.3) is 10.8 Å². The van der Waals surface area contributed by atoms with Gasteiger partial charge in [0.25, 0.3) is 0 Å². The van der Waals surface area contributed by atoms with Crippen molar-refractivity contribution in [2.45, 2.75) is 58.0 Å². The Hall–Kier alpha value is -1.71. The summed E-state index contributed by atoms with van der Waals surface area (Å²) >= 11 is 0. The van der Waals surface area contributed by atoms with E-state index in [0.717, 1.165) is 28.5 Å². The largest absolute Gasteiger partial charge is 0.432 e. The minimum absolute atomic E-state index is 0.392. The summed E-state index contributed by atoms with van der Waals surface area (Å²) in [6.07, 6.45) is 7.73. The molecule has 0 bridgehead atoms. The zero-order valence-corrected chi connectivity index (χ0v) is 15.1. The molecule has 0 heterocycles. The highest BCUT2D eigenvalue weighted by atomic mass is 19.3. The van der Waals surface area contributed by atoms with E-state index in [4.69, 9.17) is 0 Å². The van der Waals surface area contributed by atoms with Crippen LogP contribution in [-0.4, -0.2) is 6.61 Å². The fourth-order valence-electron chi connectivity index (χ4n) is 5.13. The molecule has 0 N–H and O–H groups in total. The summed E-state index contributed by atoms with van der Waals surface area (Å²) in [4.78, 5) is 0. The molecule has 4 rings (SSSR count). The van der Waals surface area contributed by atoms with Gasteiger partial charge in [-0.15, -0.1) is 0 Å². The quantitative estimate of drug-likeness (QED) is 0.577. The summed E-state index contributed by atoms with van der Waals surface area (Å²) in [6, 6.07) is 8.67. The monoisotopic (exact) mass is 362 g/mol. The Kier molecular flexibility index (Phi) is 4.85. The molecule has 2 fully saturated rings. The van der Waals surface area contributed by atoms with Gasteiger partial charge in [-0.2, -0.15) is 8.78 Å². The molecule has 0 aliphatic heterocycles. The zero-order valence-electron chi connectivity index (χ0n) is 15.1. The summed E-state index contributed by atoms with van der Waals surface area (Å²) in [5.41, 5.74) is 1.25. The Morgan fingerprint density at radius 3 is 2.50 bits per heavy atom. The van der Waals surface area contributed by atoms with Crippen LogP contribution in [0, 0.1) is 23.6 Å². The van der Waals surface area contributed by atoms with Crippen LogP contribution < -0.4 is 4.74 Å². The Balaban J connectivity index is 1.56. The highest BCUT2D eigenvalue weighted by molar-refractivity contribution is 5.84. The van der Waals surface area contributed by atoms with E-state index in [-0.39, 0.29) is 0 Å². The first-order chi connectivity index (χ1) is 12.5. The lowest BCUT2D eigenvalue weighted by molar-refractivity contribution is -0.0520. The van der Waals surface area contributed by atoms with Gasteiger partial charge in [0.2, 0.25) is 0 Å². The summed E-state index contributed by atoms with van der Waals surface area (Å²) in [5, 5.41) is 1.48. The maximum atomic E-state index is 14.1. The lowest BCUT2D eigenvalue weighted by Crippen LogP contribution is -2.29. The van der Waals surface area contributed by atoms with Gasteiger partial charge in [-0.05, 0) is 84.2 Å². The normalized spacial score (nSPS) is 29.0. The molecule has 140 valence electrons. The van der Waals surface area contributed by atoms with E-state index < -0.39 is 18.2 Å². The average Bonchev–Trinajstić information content (AvgIpc) is 2.61. The molecule has 2 saturated carbocycles. The van der Waals surface area contributed by atoms with Crippen LogP contribution in [0.2, 0.25) is 0 Å². The number of hydrogen-bond donors (Lipinski definition) is 0. The molecule has 0 saturated heterocycles.